The van der Waals surface area contributed by atoms with Crippen molar-refractivity contribution in [3.63, 3.8) is 0 Å². The molecule has 200 valence electrons. The predicted octanol–water partition coefficient (Wildman–Crippen LogP) is 10.3. The van der Waals surface area contributed by atoms with Crippen LogP contribution < -0.4 is 4.74 Å². The van der Waals surface area contributed by atoms with Crippen molar-refractivity contribution < 1.29 is 9.53 Å². The van der Waals surface area contributed by atoms with Crippen LogP contribution in [0.5, 0.6) is 5.75 Å². The molecule has 0 aliphatic rings. The van der Waals surface area contributed by atoms with Crippen molar-refractivity contribution in [3.8, 4) is 16.9 Å². The summed E-state index contributed by atoms with van der Waals surface area (Å²) >= 11 is 14.5. The molecule has 0 atom stereocenters. The molecule has 5 rings (SSSR count). The number of ether oxygens (including phenoxy) is 1. The van der Waals surface area contributed by atoms with E-state index in [1.54, 1.807) is 17.8 Å². The minimum atomic E-state index is -0.275. The van der Waals surface area contributed by atoms with Gasteiger partial charge in [-0.1, -0.05) is 98.6 Å². The fourth-order valence-electron chi connectivity index (χ4n) is 4.94. The van der Waals surface area contributed by atoms with E-state index in [0.29, 0.717) is 23.7 Å². The summed E-state index contributed by atoms with van der Waals surface area (Å²) in [5, 5.41) is 3.52. The zero-order chi connectivity index (χ0) is 27.7. The van der Waals surface area contributed by atoms with Gasteiger partial charge in [0.15, 0.2) is 5.75 Å². The quantitative estimate of drug-likeness (QED) is 0.110. The molecule has 5 aromatic rings. The number of aromatic nitrogens is 1. The Hall–Kier alpha value is -2.92. The van der Waals surface area contributed by atoms with Gasteiger partial charge in [-0.3, -0.25) is 4.79 Å². The van der Waals surface area contributed by atoms with E-state index in [0.717, 1.165) is 44.1 Å². The van der Waals surface area contributed by atoms with Gasteiger partial charge in [-0.2, -0.15) is 0 Å². The molecule has 0 radical (unpaired) electrons. The summed E-state index contributed by atoms with van der Waals surface area (Å²) in [6, 6.07) is 26.4. The highest BCUT2D eigenvalue weighted by Gasteiger charge is 2.22. The summed E-state index contributed by atoms with van der Waals surface area (Å²) < 4.78 is 8.30. The molecule has 0 N–H and O–H groups in total. The lowest BCUT2D eigenvalue weighted by Crippen LogP contribution is -2.14. The molecule has 0 bridgehead atoms. The summed E-state index contributed by atoms with van der Waals surface area (Å²) in [5.74, 6) is 0.135. The Bertz CT molecular complexity index is 1670. The summed E-state index contributed by atoms with van der Waals surface area (Å²) in [6.07, 6.45) is 3.15. The number of rotatable bonds is 7. The number of hydrogen-bond donors (Lipinski definition) is 0. The van der Waals surface area contributed by atoms with E-state index in [1.165, 1.54) is 10.8 Å². The average molecular weight is 577 g/mol. The second kappa shape index (κ2) is 11.3. The monoisotopic (exact) mass is 575 g/mol. The fraction of sp³-hybridized carbons (Fsp3) is 0.242. The summed E-state index contributed by atoms with van der Waals surface area (Å²) in [4.78, 5) is 14.0. The number of fused-ring (bicyclic) bond motifs is 3. The van der Waals surface area contributed by atoms with E-state index >= 15 is 0 Å². The molecule has 39 heavy (non-hydrogen) atoms. The van der Waals surface area contributed by atoms with Crippen molar-refractivity contribution in [2.45, 2.75) is 45.1 Å². The lowest BCUT2D eigenvalue weighted by molar-refractivity contribution is -0.134. The molecule has 0 amide bonds. The van der Waals surface area contributed by atoms with Crippen molar-refractivity contribution in [1.82, 2.24) is 4.57 Å². The van der Waals surface area contributed by atoms with E-state index < -0.39 is 0 Å². The molecule has 0 unspecified atom stereocenters. The summed E-state index contributed by atoms with van der Waals surface area (Å²) in [7, 11) is 0. The van der Waals surface area contributed by atoms with Crippen LogP contribution in [0.2, 0.25) is 10.0 Å². The van der Waals surface area contributed by atoms with E-state index in [1.807, 2.05) is 24.3 Å². The van der Waals surface area contributed by atoms with Crippen molar-refractivity contribution in [2.75, 3.05) is 6.26 Å². The number of carbonyl (C=O) groups excluding carboxylic acids is 1. The van der Waals surface area contributed by atoms with Crippen molar-refractivity contribution in [1.29, 1.82) is 0 Å². The van der Waals surface area contributed by atoms with Crippen LogP contribution in [0.1, 0.15) is 39.2 Å². The Morgan fingerprint density at radius 3 is 2.33 bits per heavy atom. The second-order valence-corrected chi connectivity index (χ2v) is 12.6. The molecule has 6 heteroatoms. The van der Waals surface area contributed by atoms with Crippen LogP contribution in [0, 0.1) is 5.41 Å². The SMILES string of the molecule is CSc1c(-c2cccc(Cl)c2OC(=O)CCC(C)(C)C)ccc2c3ccccc3n(Cc3ccc(Cl)cc3)c12. The second-order valence-electron chi connectivity index (χ2n) is 10.9. The zero-order valence-electron chi connectivity index (χ0n) is 22.6. The maximum Gasteiger partial charge on any atom is 0.311 e. The minimum absolute atomic E-state index is 0.0386. The molecular weight excluding hydrogens is 545 g/mol. The maximum atomic E-state index is 12.9. The van der Waals surface area contributed by atoms with E-state index in [-0.39, 0.29) is 11.4 Å². The van der Waals surface area contributed by atoms with E-state index in [4.69, 9.17) is 27.9 Å². The first-order valence-corrected chi connectivity index (χ1v) is 15.0. The lowest BCUT2D eigenvalue weighted by atomic mass is 9.91. The minimum Gasteiger partial charge on any atom is -0.424 e. The third-order valence-electron chi connectivity index (χ3n) is 6.90. The highest BCUT2D eigenvalue weighted by atomic mass is 35.5. The predicted molar refractivity (Wildman–Crippen MR) is 167 cm³/mol. The normalized spacial score (nSPS) is 11.8. The van der Waals surface area contributed by atoms with Crippen LogP contribution in [-0.2, 0) is 11.3 Å². The fourth-order valence-corrected chi connectivity index (χ4v) is 6.09. The van der Waals surface area contributed by atoms with Gasteiger partial charge in [0.2, 0.25) is 0 Å². The average Bonchev–Trinajstić information content (AvgIpc) is 3.22. The molecular formula is C33H31Cl2NO2S. The number of esters is 1. The number of benzene rings is 4. The molecule has 0 aliphatic carbocycles. The largest absolute Gasteiger partial charge is 0.424 e. The zero-order valence-corrected chi connectivity index (χ0v) is 24.9. The Balaban J connectivity index is 1.67. The molecule has 0 spiro atoms. The van der Waals surface area contributed by atoms with Gasteiger partial charge in [0.1, 0.15) is 0 Å². The van der Waals surface area contributed by atoms with Gasteiger partial charge in [-0.15, -0.1) is 11.8 Å². The number of hydrogen-bond acceptors (Lipinski definition) is 3. The van der Waals surface area contributed by atoms with Crippen LogP contribution in [-0.4, -0.2) is 16.8 Å². The van der Waals surface area contributed by atoms with Gasteiger partial charge in [-0.25, -0.2) is 0 Å². The Labute approximate surface area is 244 Å². The summed E-state index contributed by atoms with van der Waals surface area (Å²) in [5.41, 5.74) is 5.29. The Kier molecular flexibility index (Phi) is 8.00. The third-order valence-corrected chi connectivity index (χ3v) is 8.27. The molecule has 0 aliphatic heterocycles. The van der Waals surface area contributed by atoms with Crippen LogP contribution in [0.25, 0.3) is 32.9 Å². The molecule has 0 saturated heterocycles. The third kappa shape index (κ3) is 5.84. The van der Waals surface area contributed by atoms with Gasteiger partial charge in [0.25, 0.3) is 0 Å². The highest BCUT2D eigenvalue weighted by molar-refractivity contribution is 7.99. The Morgan fingerprint density at radius 1 is 0.872 bits per heavy atom. The summed E-state index contributed by atoms with van der Waals surface area (Å²) in [6.45, 7) is 7.04. The molecule has 0 saturated carbocycles. The molecule has 0 fully saturated rings. The molecule has 3 nitrogen and oxygen atoms in total. The Morgan fingerprint density at radius 2 is 1.62 bits per heavy atom. The number of halogens is 2. The van der Waals surface area contributed by atoms with Gasteiger partial charge < -0.3 is 9.30 Å². The molecule has 1 aromatic heterocycles. The topological polar surface area (TPSA) is 31.2 Å². The van der Waals surface area contributed by atoms with Gasteiger partial charge >= 0.3 is 5.97 Å². The smallest absolute Gasteiger partial charge is 0.311 e. The maximum absolute atomic E-state index is 12.9. The molecule has 4 aromatic carbocycles. The van der Waals surface area contributed by atoms with Crippen LogP contribution in [0.4, 0.5) is 0 Å². The first-order chi connectivity index (χ1) is 18.7. The van der Waals surface area contributed by atoms with Gasteiger partial charge in [-0.05, 0) is 47.9 Å². The molecule has 1 heterocycles. The van der Waals surface area contributed by atoms with Crippen molar-refractivity contribution >= 4 is 62.7 Å². The van der Waals surface area contributed by atoms with Crippen LogP contribution in [0.3, 0.4) is 0 Å². The standard InChI is InChI=1S/C33H31Cl2NO2S/c1-33(2,3)19-18-29(37)38-31-25(9-7-10-27(31)35)26-17-16-24-23-8-5-6-11-28(23)36(30(24)32(26)39-4)20-21-12-14-22(34)15-13-21/h5-17H,18-20H2,1-4H3. The lowest BCUT2D eigenvalue weighted by Gasteiger charge is -2.19. The number of carbonyl (C=O) groups is 1. The van der Waals surface area contributed by atoms with E-state index in [9.17, 15) is 4.79 Å². The van der Waals surface area contributed by atoms with Crippen molar-refractivity contribution in [2.24, 2.45) is 5.41 Å². The van der Waals surface area contributed by atoms with Crippen LogP contribution >= 0.6 is 35.0 Å². The number of para-hydroxylation sites is 2. The number of nitrogens with zero attached hydrogens (tertiary/aromatic N) is 1. The van der Waals surface area contributed by atoms with E-state index in [2.05, 4.69) is 80.1 Å². The first kappa shape index (κ1) is 27.6. The highest BCUT2D eigenvalue weighted by Crippen LogP contribution is 2.45. The number of thioether (sulfide) groups is 1. The van der Waals surface area contributed by atoms with Crippen LogP contribution in [0.15, 0.2) is 83.8 Å². The van der Waals surface area contributed by atoms with Gasteiger partial charge in [0, 0.05) is 50.3 Å². The first-order valence-electron chi connectivity index (χ1n) is 13.0. The van der Waals surface area contributed by atoms with Crippen molar-refractivity contribution in [3.05, 3.63) is 94.5 Å². The van der Waals surface area contributed by atoms with Gasteiger partial charge in [0.05, 0.1) is 10.5 Å².